The van der Waals surface area contributed by atoms with Gasteiger partial charge in [-0.1, -0.05) is 52.5 Å². The van der Waals surface area contributed by atoms with Crippen LogP contribution in [0.2, 0.25) is 10.0 Å². The Morgan fingerprint density at radius 2 is 1.70 bits per heavy atom. The molecule has 0 aromatic heterocycles. The number of halogens is 2. The van der Waals surface area contributed by atoms with Crippen LogP contribution in [-0.2, 0) is 10.0 Å². The van der Waals surface area contributed by atoms with Gasteiger partial charge in [0.1, 0.15) is 10.0 Å². The van der Waals surface area contributed by atoms with Crippen molar-refractivity contribution in [1.82, 2.24) is 0 Å². The molecule has 0 saturated heterocycles. The molecule has 20 heavy (non-hydrogen) atoms. The average molecular weight is 329 g/mol. The minimum Gasteiger partial charge on any atom is -0.572 e. The smallest absolute Gasteiger partial charge is 0.124 e. The summed E-state index contributed by atoms with van der Waals surface area (Å²) in [5, 5.41) is 0.395. The highest BCUT2D eigenvalue weighted by Gasteiger charge is 2.11. The summed E-state index contributed by atoms with van der Waals surface area (Å²) in [7, 11) is -3.89. The van der Waals surface area contributed by atoms with Gasteiger partial charge in [-0.05, 0) is 32.0 Å². The number of hydrogen-bond donors (Lipinski definition) is 0. The molecule has 0 saturated carbocycles. The van der Waals surface area contributed by atoms with Crippen LogP contribution < -0.4 is 0 Å². The van der Waals surface area contributed by atoms with Gasteiger partial charge < -0.3 is 4.72 Å². The highest BCUT2D eigenvalue weighted by Crippen LogP contribution is 2.34. The van der Waals surface area contributed by atoms with Gasteiger partial charge in [-0.25, -0.2) is 8.42 Å². The van der Waals surface area contributed by atoms with Gasteiger partial charge in [-0.15, -0.1) is 5.69 Å². The van der Waals surface area contributed by atoms with Crippen LogP contribution in [0.15, 0.2) is 41.3 Å². The molecule has 0 bridgehead atoms. The summed E-state index contributed by atoms with van der Waals surface area (Å²) >= 11 is 11.7. The molecule has 0 unspecified atom stereocenters. The number of aryl methyl sites for hydroxylation is 2. The highest BCUT2D eigenvalue weighted by atomic mass is 35.5. The molecule has 0 atom stereocenters. The molecule has 2 aromatic carbocycles. The summed E-state index contributed by atoms with van der Waals surface area (Å²) in [5.41, 5.74) is 2.22. The number of nitrogens with zero attached hydrogens (tertiary/aromatic N) is 1. The molecular formula is C14H12Cl2NO2S-. The van der Waals surface area contributed by atoms with Crippen molar-refractivity contribution in [3.05, 3.63) is 62.3 Å². The number of benzene rings is 2. The molecule has 0 aliphatic carbocycles. The zero-order valence-electron chi connectivity index (χ0n) is 10.9. The third-order valence-electron chi connectivity index (χ3n) is 2.74. The van der Waals surface area contributed by atoms with Crippen LogP contribution >= 0.6 is 23.2 Å². The van der Waals surface area contributed by atoms with Gasteiger partial charge in [-0.3, -0.25) is 0 Å². The second-order valence-electron chi connectivity index (χ2n) is 4.43. The molecule has 6 heteroatoms. The van der Waals surface area contributed by atoms with E-state index in [9.17, 15) is 8.42 Å². The van der Waals surface area contributed by atoms with Crippen molar-refractivity contribution in [3.63, 3.8) is 0 Å². The maximum Gasteiger partial charge on any atom is 0.124 e. The van der Waals surface area contributed by atoms with Crippen molar-refractivity contribution in [2.45, 2.75) is 18.7 Å². The molecule has 3 nitrogen and oxygen atoms in total. The normalized spacial score (nSPS) is 11.4. The van der Waals surface area contributed by atoms with Crippen molar-refractivity contribution >= 4 is 38.9 Å². The lowest BCUT2D eigenvalue weighted by Crippen LogP contribution is -1.99. The van der Waals surface area contributed by atoms with Crippen molar-refractivity contribution in [2.24, 2.45) is 0 Å². The van der Waals surface area contributed by atoms with Gasteiger partial charge in [0.05, 0.1) is 9.92 Å². The third-order valence-corrected chi connectivity index (χ3v) is 4.75. The van der Waals surface area contributed by atoms with Gasteiger partial charge in [0, 0.05) is 5.02 Å². The number of rotatable bonds is 3. The minimum atomic E-state index is -3.89. The minimum absolute atomic E-state index is 0.0911. The molecule has 106 valence electrons. The topological polar surface area (TPSA) is 48.2 Å². The fourth-order valence-electron chi connectivity index (χ4n) is 1.76. The van der Waals surface area contributed by atoms with E-state index in [4.69, 9.17) is 23.2 Å². The quantitative estimate of drug-likeness (QED) is 0.795. The van der Waals surface area contributed by atoms with Gasteiger partial charge in [-0.2, -0.15) is 0 Å². The van der Waals surface area contributed by atoms with E-state index in [0.717, 1.165) is 11.1 Å². The zero-order chi connectivity index (χ0) is 14.9. The van der Waals surface area contributed by atoms with Gasteiger partial charge in [0.15, 0.2) is 0 Å². The van der Waals surface area contributed by atoms with Gasteiger partial charge >= 0.3 is 0 Å². The lowest BCUT2D eigenvalue weighted by molar-refractivity contribution is 0.603. The first-order valence-corrected chi connectivity index (χ1v) is 7.99. The molecule has 0 amide bonds. The fraction of sp³-hybridized carbons (Fsp3) is 0.143. The van der Waals surface area contributed by atoms with E-state index in [2.05, 4.69) is 4.72 Å². The van der Waals surface area contributed by atoms with E-state index in [1.54, 1.807) is 19.1 Å². The van der Waals surface area contributed by atoms with Crippen molar-refractivity contribution in [1.29, 1.82) is 0 Å². The molecule has 2 rings (SSSR count). The lowest BCUT2D eigenvalue weighted by atomic mass is 10.1. The van der Waals surface area contributed by atoms with E-state index >= 15 is 0 Å². The summed E-state index contributed by atoms with van der Waals surface area (Å²) in [4.78, 5) is -0.0911. The standard InChI is InChI=1S/C14H12Cl2NO2S/c1-9-3-6-13(10(2)7-9)17-20(18,19)14-8-11(15)4-5-12(14)16/h3-8H,1-2H3/q-1. The first-order valence-electron chi connectivity index (χ1n) is 5.80. The van der Waals surface area contributed by atoms with E-state index in [1.807, 2.05) is 13.0 Å². The van der Waals surface area contributed by atoms with E-state index < -0.39 is 10.0 Å². The lowest BCUT2D eigenvalue weighted by Gasteiger charge is -2.25. The molecule has 0 fully saturated rings. The zero-order valence-corrected chi connectivity index (χ0v) is 13.2. The summed E-state index contributed by atoms with van der Waals surface area (Å²) in [5.74, 6) is 0. The monoisotopic (exact) mass is 328 g/mol. The molecule has 0 radical (unpaired) electrons. The van der Waals surface area contributed by atoms with Crippen LogP contribution in [-0.4, -0.2) is 8.42 Å². The van der Waals surface area contributed by atoms with Crippen LogP contribution in [0.5, 0.6) is 0 Å². The Morgan fingerprint density at radius 3 is 2.35 bits per heavy atom. The number of hydrogen-bond acceptors (Lipinski definition) is 2. The molecule has 0 N–H and O–H groups in total. The van der Waals surface area contributed by atoms with Crippen LogP contribution in [0.4, 0.5) is 5.69 Å². The summed E-state index contributed by atoms with van der Waals surface area (Å²) in [6, 6.07) is 9.61. The Hall–Kier alpha value is -1.23. The van der Waals surface area contributed by atoms with Crippen LogP contribution in [0, 0.1) is 13.8 Å². The first-order chi connectivity index (χ1) is 9.29. The molecule has 0 aliphatic rings. The second-order valence-corrected chi connectivity index (χ2v) is 6.85. The van der Waals surface area contributed by atoms with Crippen LogP contribution in [0.1, 0.15) is 11.1 Å². The fourth-order valence-corrected chi connectivity index (χ4v) is 3.56. The SMILES string of the molecule is Cc1ccc([N-]S(=O)(=O)c2cc(Cl)ccc2Cl)c(C)c1. The maximum atomic E-state index is 12.3. The third kappa shape index (κ3) is 3.26. The van der Waals surface area contributed by atoms with Crippen molar-refractivity contribution in [2.75, 3.05) is 0 Å². The van der Waals surface area contributed by atoms with E-state index in [-0.39, 0.29) is 9.92 Å². The molecule has 2 aromatic rings. The molecular weight excluding hydrogens is 317 g/mol. The van der Waals surface area contributed by atoms with Crippen LogP contribution in [0.25, 0.3) is 4.72 Å². The molecule has 0 spiro atoms. The molecule has 0 aliphatic heterocycles. The molecule has 0 heterocycles. The highest BCUT2D eigenvalue weighted by molar-refractivity contribution is 7.94. The van der Waals surface area contributed by atoms with Gasteiger partial charge in [0.25, 0.3) is 0 Å². The predicted molar refractivity (Wildman–Crippen MR) is 82.6 cm³/mol. The summed E-state index contributed by atoms with van der Waals surface area (Å²) < 4.78 is 28.4. The van der Waals surface area contributed by atoms with Crippen LogP contribution in [0.3, 0.4) is 0 Å². The predicted octanol–water partition coefficient (Wildman–Crippen LogP) is 5.00. The summed E-state index contributed by atoms with van der Waals surface area (Å²) in [6.45, 7) is 3.74. The maximum absolute atomic E-state index is 12.3. The Bertz CT molecular complexity index is 758. The van der Waals surface area contributed by atoms with Gasteiger partial charge in [0.2, 0.25) is 0 Å². The first kappa shape index (κ1) is 15.2. The Morgan fingerprint density at radius 1 is 1.00 bits per heavy atom. The second kappa shape index (κ2) is 5.64. The summed E-state index contributed by atoms with van der Waals surface area (Å²) in [6.07, 6.45) is 0. The number of sulfonamides is 1. The Kier molecular flexibility index (Phi) is 4.28. The van der Waals surface area contributed by atoms with E-state index in [1.165, 1.54) is 18.2 Å². The Labute approximate surface area is 128 Å². The average Bonchev–Trinajstić information content (AvgIpc) is 2.35. The largest absolute Gasteiger partial charge is 0.572 e. The van der Waals surface area contributed by atoms with Crippen molar-refractivity contribution < 1.29 is 8.42 Å². The van der Waals surface area contributed by atoms with E-state index in [0.29, 0.717) is 10.7 Å². The Balaban J connectivity index is 2.43. The van der Waals surface area contributed by atoms with Crippen molar-refractivity contribution in [3.8, 4) is 0 Å².